The van der Waals surface area contributed by atoms with E-state index in [1.54, 1.807) is 6.92 Å². The Labute approximate surface area is 122 Å². The van der Waals surface area contributed by atoms with Gasteiger partial charge in [-0.05, 0) is 25.7 Å². The lowest BCUT2D eigenvalue weighted by molar-refractivity contribution is -0.132. The summed E-state index contributed by atoms with van der Waals surface area (Å²) in [5.74, 6) is -0.645. The average Bonchev–Trinajstić information content (AvgIpc) is 2.39. The van der Waals surface area contributed by atoms with Gasteiger partial charge < -0.3 is 9.63 Å². The van der Waals surface area contributed by atoms with E-state index in [9.17, 15) is 14.5 Å². The molecule has 0 radical (unpaired) electrons. The van der Waals surface area contributed by atoms with Crippen LogP contribution in [-0.2, 0) is 13.9 Å². The van der Waals surface area contributed by atoms with Crippen molar-refractivity contribution in [3.05, 3.63) is 11.6 Å². The molecule has 1 aliphatic carbocycles. The van der Waals surface area contributed by atoms with Gasteiger partial charge in [0.05, 0.1) is 12.8 Å². The molecule has 1 N–H and O–H groups in total. The van der Waals surface area contributed by atoms with E-state index in [1.807, 2.05) is 19.9 Å². The summed E-state index contributed by atoms with van der Waals surface area (Å²) < 4.78 is 18.2. The molecule has 0 saturated heterocycles. The predicted molar refractivity (Wildman–Crippen MR) is 81.5 cm³/mol. The van der Waals surface area contributed by atoms with Crippen LogP contribution in [0.3, 0.4) is 0 Å². The Morgan fingerprint density at radius 2 is 1.95 bits per heavy atom. The van der Waals surface area contributed by atoms with Crippen LogP contribution >= 0.6 is 7.37 Å². The zero-order chi connectivity index (χ0) is 15.2. The van der Waals surface area contributed by atoms with Gasteiger partial charge in [0.25, 0.3) is 0 Å². The fourth-order valence-corrected chi connectivity index (χ4v) is 4.52. The van der Waals surface area contributed by atoms with Crippen LogP contribution in [0.5, 0.6) is 0 Å². The van der Waals surface area contributed by atoms with E-state index in [2.05, 4.69) is 0 Å². The van der Waals surface area contributed by atoms with E-state index in [0.29, 0.717) is 12.5 Å². The maximum Gasteiger partial charge on any atom is 0.331 e. The minimum Gasteiger partial charge on any atom is -0.478 e. The number of carboxylic acids is 1. The second-order valence-electron chi connectivity index (χ2n) is 5.79. The molecule has 1 rings (SSSR count). The molecular weight excluding hydrogens is 275 g/mol. The SMILES string of the molecule is CCOP(=O)(CC(=CC1CCCCC1)C(=O)O)C(C)C. The summed E-state index contributed by atoms with van der Waals surface area (Å²) in [4.78, 5) is 11.4. The molecule has 1 fully saturated rings. The van der Waals surface area contributed by atoms with Crippen molar-refractivity contribution >= 4 is 13.3 Å². The number of carbonyl (C=O) groups is 1. The maximum atomic E-state index is 12.7. The molecule has 5 heteroatoms. The van der Waals surface area contributed by atoms with Gasteiger partial charge in [0, 0.05) is 11.2 Å². The highest BCUT2D eigenvalue weighted by Gasteiger charge is 2.31. The molecule has 1 unspecified atom stereocenters. The van der Waals surface area contributed by atoms with E-state index in [-0.39, 0.29) is 17.4 Å². The van der Waals surface area contributed by atoms with Gasteiger partial charge in [0.1, 0.15) is 0 Å². The van der Waals surface area contributed by atoms with Crippen LogP contribution < -0.4 is 0 Å². The Hall–Kier alpha value is -0.600. The van der Waals surface area contributed by atoms with Gasteiger partial charge in [-0.15, -0.1) is 0 Å². The average molecular weight is 302 g/mol. The highest BCUT2D eigenvalue weighted by atomic mass is 31.2. The highest BCUT2D eigenvalue weighted by Crippen LogP contribution is 2.53. The summed E-state index contributed by atoms with van der Waals surface area (Å²) >= 11 is 0. The molecule has 0 spiro atoms. The van der Waals surface area contributed by atoms with Gasteiger partial charge in [0.2, 0.25) is 7.37 Å². The molecule has 116 valence electrons. The lowest BCUT2D eigenvalue weighted by atomic mass is 9.88. The van der Waals surface area contributed by atoms with Crippen molar-refractivity contribution in [1.29, 1.82) is 0 Å². The zero-order valence-electron chi connectivity index (χ0n) is 12.8. The Bertz CT molecular complexity index is 395. The van der Waals surface area contributed by atoms with E-state index in [4.69, 9.17) is 4.52 Å². The van der Waals surface area contributed by atoms with Crippen LogP contribution in [-0.4, -0.2) is 29.5 Å². The van der Waals surface area contributed by atoms with Crippen molar-refractivity contribution in [3.8, 4) is 0 Å². The first kappa shape index (κ1) is 17.5. The third-order valence-corrected chi connectivity index (χ3v) is 6.94. The molecule has 1 saturated carbocycles. The quantitative estimate of drug-likeness (QED) is 0.562. The molecule has 0 bridgehead atoms. The fraction of sp³-hybridized carbons (Fsp3) is 0.800. The first-order valence-electron chi connectivity index (χ1n) is 7.56. The second-order valence-corrected chi connectivity index (χ2v) is 8.85. The Morgan fingerprint density at radius 1 is 1.35 bits per heavy atom. The zero-order valence-corrected chi connectivity index (χ0v) is 13.7. The normalized spacial score (nSPS) is 20.9. The number of aliphatic carboxylic acids is 1. The van der Waals surface area contributed by atoms with Crippen molar-refractivity contribution in [3.63, 3.8) is 0 Å². The minimum absolute atomic E-state index is 0.0460. The predicted octanol–water partition coefficient (Wildman–Crippen LogP) is 4.30. The van der Waals surface area contributed by atoms with Gasteiger partial charge in [-0.25, -0.2) is 4.79 Å². The first-order chi connectivity index (χ1) is 9.39. The van der Waals surface area contributed by atoms with E-state index in [0.717, 1.165) is 25.7 Å². The molecule has 4 nitrogen and oxygen atoms in total. The number of hydrogen-bond donors (Lipinski definition) is 1. The van der Waals surface area contributed by atoms with Crippen molar-refractivity contribution in [2.75, 3.05) is 12.8 Å². The lowest BCUT2D eigenvalue weighted by Crippen LogP contribution is -2.15. The van der Waals surface area contributed by atoms with Crippen LogP contribution in [0.1, 0.15) is 52.9 Å². The van der Waals surface area contributed by atoms with Crippen molar-refractivity contribution in [2.24, 2.45) is 5.92 Å². The summed E-state index contributed by atoms with van der Waals surface area (Å²) in [5.41, 5.74) is 0.110. The van der Waals surface area contributed by atoms with Gasteiger partial charge >= 0.3 is 5.97 Å². The fourth-order valence-electron chi connectivity index (χ4n) is 2.61. The summed E-state index contributed by atoms with van der Waals surface area (Å²) in [7, 11) is -2.92. The summed E-state index contributed by atoms with van der Waals surface area (Å²) in [5, 5.41) is 9.37. The molecule has 0 amide bonds. The monoisotopic (exact) mass is 302 g/mol. The molecule has 0 aliphatic heterocycles. The molecule has 0 aromatic carbocycles. The lowest BCUT2D eigenvalue weighted by Gasteiger charge is -2.23. The van der Waals surface area contributed by atoms with Crippen molar-refractivity contribution in [2.45, 2.75) is 58.5 Å². The molecule has 20 heavy (non-hydrogen) atoms. The number of allylic oxidation sites excluding steroid dienone is 1. The molecule has 0 aromatic heterocycles. The topological polar surface area (TPSA) is 63.6 Å². The third-order valence-electron chi connectivity index (χ3n) is 3.89. The van der Waals surface area contributed by atoms with Crippen molar-refractivity contribution in [1.82, 2.24) is 0 Å². The molecule has 1 atom stereocenters. The highest BCUT2D eigenvalue weighted by molar-refractivity contribution is 7.60. The third kappa shape index (κ3) is 5.06. The van der Waals surface area contributed by atoms with E-state index in [1.165, 1.54) is 6.42 Å². The van der Waals surface area contributed by atoms with Crippen LogP contribution in [0, 0.1) is 5.92 Å². The van der Waals surface area contributed by atoms with E-state index >= 15 is 0 Å². The molecule has 1 aliphatic rings. The second kappa shape index (κ2) is 7.99. The van der Waals surface area contributed by atoms with Crippen LogP contribution in [0.2, 0.25) is 0 Å². The van der Waals surface area contributed by atoms with E-state index < -0.39 is 13.3 Å². The largest absolute Gasteiger partial charge is 0.478 e. The van der Waals surface area contributed by atoms with Crippen LogP contribution in [0.4, 0.5) is 0 Å². The maximum absolute atomic E-state index is 12.7. The summed E-state index contributed by atoms with van der Waals surface area (Å²) in [6.07, 6.45) is 7.49. The minimum atomic E-state index is -2.92. The smallest absolute Gasteiger partial charge is 0.331 e. The standard InChI is InChI=1S/C15H27O4P/c1-4-19-20(18,12(2)3)11-14(15(16)17)10-13-8-6-5-7-9-13/h10,12-13H,4-9,11H2,1-3H3,(H,16,17). The van der Waals surface area contributed by atoms with Gasteiger partial charge in [-0.1, -0.05) is 39.2 Å². The summed E-state index contributed by atoms with van der Waals surface area (Å²) in [6, 6.07) is 0. The molecular formula is C15H27O4P. The van der Waals surface area contributed by atoms with Crippen LogP contribution in [0.15, 0.2) is 11.6 Å². The Kier molecular flexibility index (Phi) is 6.97. The summed E-state index contributed by atoms with van der Waals surface area (Å²) in [6.45, 7) is 5.80. The molecule has 0 aromatic rings. The Morgan fingerprint density at radius 3 is 2.40 bits per heavy atom. The van der Waals surface area contributed by atoms with Gasteiger partial charge in [0.15, 0.2) is 0 Å². The van der Waals surface area contributed by atoms with Crippen LogP contribution in [0.25, 0.3) is 0 Å². The number of hydrogen-bond acceptors (Lipinski definition) is 3. The first-order valence-corrected chi connectivity index (χ1v) is 9.44. The van der Waals surface area contributed by atoms with Crippen molar-refractivity contribution < 1.29 is 19.0 Å². The number of rotatable bonds is 7. The van der Waals surface area contributed by atoms with Gasteiger partial charge in [-0.3, -0.25) is 4.57 Å². The van der Waals surface area contributed by atoms with Gasteiger partial charge in [-0.2, -0.15) is 0 Å². The Balaban J connectivity index is 2.87. The molecule has 0 heterocycles. The number of carboxylic acid groups (broad SMARTS) is 1.